The van der Waals surface area contributed by atoms with E-state index in [1.54, 1.807) is 18.2 Å². The monoisotopic (exact) mass is 283 g/mol. The zero-order valence-corrected chi connectivity index (χ0v) is 12.4. The molecule has 0 unspecified atom stereocenters. The van der Waals surface area contributed by atoms with E-state index in [4.69, 9.17) is 5.73 Å². The molecular weight excluding hydrogens is 262 g/mol. The summed E-state index contributed by atoms with van der Waals surface area (Å²) < 4.78 is 0. The third kappa shape index (κ3) is 3.54. The molecule has 0 aliphatic heterocycles. The van der Waals surface area contributed by atoms with E-state index in [1.807, 2.05) is 25.1 Å². The summed E-state index contributed by atoms with van der Waals surface area (Å²) in [5.41, 5.74) is 9.99. The Morgan fingerprint density at radius 1 is 1.10 bits per heavy atom. The molecule has 0 spiro atoms. The molecule has 0 fully saturated rings. The number of carbonyl (C=O) groups is 1. The number of benzene rings is 2. The lowest BCUT2D eigenvalue weighted by molar-refractivity contribution is 0.0956. The van der Waals surface area contributed by atoms with Crippen LogP contribution in [0, 0.1) is 0 Å². The maximum absolute atomic E-state index is 12.1. The van der Waals surface area contributed by atoms with Crippen LogP contribution in [0.2, 0.25) is 0 Å². The molecule has 0 aliphatic rings. The number of nitrogens with two attached hydrogens (primary N) is 1. The molecule has 0 radical (unpaired) electrons. The Balaban J connectivity index is 2.38. The molecule has 110 valence electrons. The van der Waals surface area contributed by atoms with Gasteiger partial charge in [0.05, 0.1) is 11.3 Å². The minimum Gasteiger partial charge on any atom is -0.399 e. The highest BCUT2D eigenvalue weighted by atomic mass is 16.1. The van der Waals surface area contributed by atoms with E-state index in [0.29, 0.717) is 17.8 Å². The highest BCUT2D eigenvalue weighted by Crippen LogP contribution is 2.26. The first-order valence-corrected chi connectivity index (χ1v) is 7.18. The van der Waals surface area contributed by atoms with Gasteiger partial charge in [0.2, 0.25) is 0 Å². The molecule has 0 atom stereocenters. The Morgan fingerprint density at radius 2 is 1.86 bits per heavy atom. The van der Waals surface area contributed by atoms with E-state index in [0.717, 1.165) is 17.8 Å². The molecule has 2 aromatic rings. The average molecular weight is 283 g/mol. The van der Waals surface area contributed by atoms with Crippen LogP contribution in [-0.2, 0) is 6.42 Å². The molecule has 4 heteroatoms. The van der Waals surface area contributed by atoms with Crippen LogP contribution in [0.3, 0.4) is 0 Å². The number of nitrogens with one attached hydrogen (secondary N) is 2. The van der Waals surface area contributed by atoms with Gasteiger partial charge in [0.25, 0.3) is 5.91 Å². The van der Waals surface area contributed by atoms with Gasteiger partial charge in [0, 0.05) is 17.9 Å². The van der Waals surface area contributed by atoms with Gasteiger partial charge in [-0.25, -0.2) is 0 Å². The van der Waals surface area contributed by atoms with E-state index < -0.39 is 0 Å². The average Bonchev–Trinajstić information content (AvgIpc) is 2.48. The summed E-state index contributed by atoms with van der Waals surface area (Å²) in [6, 6.07) is 13.3. The molecule has 2 aromatic carbocycles. The maximum atomic E-state index is 12.1. The maximum Gasteiger partial charge on any atom is 0.253 e. The second-order valence-corrected chi connectivity index (χ2v) is 4.80. The number of hydrogen-bond donors (Lipinski definition) is 3. The Hall–Kier alpha value is -2.49. The summed E-state index contributed by atoms with van der Waals surface area (Å²) in [6.07, 6.45) is 0.919. The fraction of sp³-hybridized carbons (Fsp3) is 0.235. The van der Waals surface area contributed by atoms with Gasteiger partial charge in [-0.1, -0.05) is 25.1 Å². The fourth-order valence-corrected chi connectivity index (χ4v) is 2.21. The number of amides is 1. The minimum atomic E-state index is -0.103. The molecule has 4 N–H and O–H groups in total. The molecule has 0 bridgehead atoms. The number of anilines is 3. The van der Waals surface area contributed by atoms with Gasteiger partial charge < -0.3 is 16.4 Å². The molecule has 0 saturated heterocycles. The van der Waals surface area contributed by atoms with E-state index >= 15 is 0 Å². The first kappa shape index (κ1) is 14.9. The Bertz CT molecular complexity index is 638. The van der Waals surface area contributed by atoms with Crippen molar-refractivity contribution in [2.24, 2.45) is 0 Å². The predicted molar refractivity (Wildman–Crippen MR) is 88.0 cm³/mol. The largest absolute Gasteiger partial charge is 0.399 e. The molecule has 2 rings (SSSR count). The summed E-state index contributed by atoms with van der Waals surface area (Å²) >= 11 is 0. The molecule has 1 amide bonds. The van der Waals surface area contributed by atoms with Crippen molar-refractivity contribution in [1.29, 1.82) is 0 Å². The van der Waals surface area contributed by atoms with Gasteiger partial charge in [0.1, 0.15) is 0 Å². The lowest BCUT2D eigenvalue weighted by Crippen LogP contribution is -2.23. The van der Waals surface area contributed by atoms with Crippen LogP contribution >= 0.6 is 0 Å². The van der Waals surface area contributed by atoms with Crippen molar-refractivity contribution < 1.29 is 4.79 Å². The topological polar surface area (TPSA) is 67.2 Å². The van der Waals surface area contributed by atoms with E-state index in [2.05, 4.69) is 23.6 Å². The van der Waals surface area contributed by atoms with Crippen LogP contribution in [0.4, 0.5) is 17.1 Å². The number of nitrogen functional groups attached to an aromatic ring is 1. The third-order valence-electron chi connectivity index (χ3n) is 3.29. The normalized spacial score (nSPS) is 10.2. The predicted octanol–water partition coefficient (Wildman–Crippen LogP) is 3.32. The molecule has 21 heavy (non-hydrogen) atoms. The van der Waals surface area contributed by atoms with Crippen molar-refractivity contribution in [2.75, 3.05) is 17.6 Å². The van der Waals surface area contributed by atoms with Crippen molar-refractivity contribution in [1.82, 2.24) is 5.32 Å². The summed E-state index contributed by atoms with van der Waals surface area (Å²) in [6.45, 7) is 4.59. The number of rotatable bonds is 5. The van der Waals surface area contributed by atoms with Gasteiger partial charge in [-0.15, -0.1) is 0 Å². The second-order valence-electron chi connectivity index (χ2n) is 4.80. The second kappa shape index (κ2) is 6.79. The number of carbonyl (C=O) groups excluding carboxylic acids is 1. The van der Waals surface area contributed by atoms with Crippen LogP contribution in [-0.4, -0.2) is 12.5 Å². The first-order chi connectivity index (χ1) is 10.2. The van der Waals surface area contributed by atoms with Crippen LogP contribution in [0.5, 0.6) is 0 Å². The van der Waals surface area contributed by atoms with Crippen molar-refractivity contribution in [3.05, 3.63) is 53.6 Å². The highest BCUT2D eigenvalue weighted by Gasteiger charge is 2.12. The quantitative estimate of drug-likeness (QED) is 0.737. The van der Waals surface area contributed by atoms with Crippen molar-refractivity contribution in [2.45, 2.75) is 20.3 Å². The zero-order chi connectivity index (χ0) is 15.2. The van der Waals surface area contributed by atoms with Crippen molar-refractivity contribution >= 4 is 23.0 Å². The van der Waals surface area contributed by atoms with Gasteiger partial charge in [-0.3, -0.25) is 4.79 Å². The molecule has 4 nitrogen and oxygen atoms in total. The summed E-state index contributed by atoms with van der Waals surface area (Å²) in [5.74, 6) is -0.103. The van der Waals surface area contributed by atoms with Gasteiger partial charge in [-0.2, -0.15) is 0 Å². The first-order valence-electron chi connectivity index (χ1n) is 7.18. The molecule has 0 heterocycles. The lowest BCUT2D eigenvalue weighted by Gasteiger charge is -2.15. The van der Waals surface area contributed by atoms with Crippen LogP contribution < -0.4 is 16.4 Å². The zero-order valence-electron chi connectivity index (χ0n) is 12.4. The van der Waals surface area contributed by atoms with Gasteiger partial charge in [-0.05, 0) is 43.2 Å². The smallest absolute Gasteiger partial charge is 0.253 e. The Kier molecular flexibility index (Phi) is 4.82. The standard InChI is InChI=1S/C17H21N3O/c1-3-12-7-5-6-8-15(12)20-16-11-13(18)9-10-14(16)17(21)19-4-2/h5-11,20H,3-4,18H2,1-2H3,(H,19,21). The van der Waals surface area contributed by atoms with Crippen LogP contribution in [0.25, 0.3) is 0 Å². The van der Waals surface area contributed by atoms with Crippen LogP contribution in [0.15, 0.2) is 42.5 Å². The molecule has 0 aliphatic carbocycles. The summed E-state index contributed by atoms with van der Waals surface area (Å²) in [7, 11) is 0. The highest BCUT2D eigenvalue weighted by molar-refractivity contribution is 6.01. The van der Waals surface area contributed by atoms with Crippen LogP contribution in [0.1, 0.15) is 29.8 Å². The van der Waals surface area contributed by atoms with E-state index in [9.17, 15) is 4.79 Å². The van der Waals surface area contributed by atoms with Crippen molar-refractivity contribution in [3.63, 3.8) is 0 Å². The third-order valence-corrected chi connectivity index (χ3v) is 3.29. The molecule has 0 saturated carbocycles. The number of hydrogen-bond acceptors (Lipinski definition) is 3. The molecule has 0 aromatic heterocycles. The van der Waals surface area contributed by atoms with E-state index in [1.165, 1.54) is 5.56 Å². The number of aryl methyl sites for hydroxylation is 1. The fourth-order valence-electron chi connectivity index (χ4n) is 2.21. The SMILES string of the molecule is CCNC(=O)c1ccc(N)cc1Nc1ccccc1CC. The Morgan fingerprint density at radius 3 is 2.57 bits per heavy atom. The van der Waals surface area contributed by atoms with E-state index in [-0.39, 0.29) is 5.91 Å². The summed E-state index contributed by atoms with van der Waals surface area (Å²) in [4.78, 5) is 12.1. The lowest BCUT2D eigenvalue weighted by atomic mass is 10.1. The van der Waals surface area contributed by atoms with Gasteiger partial charge >= 0.3 is 0 Å². The number of para-hydroxylation sites is 1. The van der Waals surface area contributed by atoms with Crippen molar-refractivity contribution in [3.8, 4) is 0 Å². The Labute approximate surface area is 125 Å². The minimum absolute atomic E-state index is 0.103. The van der Waals surface area contributed by atoms with Gasteiger partial charge in [0.15, 0.2) is 0 Å². The summed E-state index contributed by atoms with van der Waals surface area (Å²) in [5, 5.41) is 6.15. The molecular formula is C17H21N3O.